The lowest BCUT2D eigenvalue weighted by Gasteiger charge is -2.21. The van der Waals surface area contributed by atoms with Crippen LogP contribution in [0.25, 0.3) is 0 Å². The lowest BCUT2D eigenvalue weighted by atomic mass is 10.2. The van der Waals surface area contributed by atoms with E-state index in [-0.39, 0.29) is 0 Å². The van der Waals surface area contributed by atoms with E-state index in [9.17, 15) is 4.79 Å². The van der Waals surface area contributed by atoms with Crippen molar-refractivity contribution in [2.75, 3.05) is 14.2 Å². The second kappa shape index (κ2) is 3.58. The second-order valence-electron chi connectivity index (χ2n) is 1.69. The van der Waals surface area contributed by atoms with Gasteiger partial charge in [-0.15, -0.1) is 0 Å². The van der Waals surface area contributed by atoms with E-state index in [1.54, 1.807) is 0 Å². The summed E-state index contributed by atoms with van der Waals surface area (Å²) < 4.78 is 9.59. The molecule has 0 aromatic carbocycles. The second-order valence-corrected chi connectivity index (χ2v) is 1.69. The number of hydrogen-bond acceptors (Lipinski definition) is 3. The number of methoxy groups -OCH3 is 2. The molecule has 0 N–H and O–H groups in total. The van der Waals surface area contributed by atoms with Gasteiger partial charge in [-0.3, -0.25) is 4.79 Å². The summed E-state index contributed by atoms with van der Waals surface area (Å²) in [6.07, 6.45) is 1.19. The molecule has 9 heavy (non-hydrogen) atoms. The Hall–Kier alpha value is -0.410. The fourth-order valence-corrected chi connectivity index (χ4v) is 0.552. The van der Waals surface area contributed by atoms with Crippen LogP contribution >= 0.6 is 0 Å². The molecule has 54 valence electrons. The fourth-order valence-electron chi connectivity index (χ4n) is 0.552. The zero-order valence-electron chi connectivity index (χ0n) is 6.01. The normalized spacial score (nSPS) is 11.4. The molecule has 0 aliphatic heterocycles. The quantitative estimate of drug-likeness (QED) is 0.414. The summed E-state index contributed by atoms with van der Waals surface area (Å²) in [7, 11) is 2.89. The minimum absolute atomic E-state index is 0.531. The molecule has 0 saturated heterocycles. The number of aldehydes is 1. The van der Waals surface area contributed by atoms with Crippen molar-refractivity contribution >= 4 is 6.29 Å². The molecule has 0 radical (unpaired) electrons. The maximum absolute atomic E-state index is 10.3. The van der Waals surface area contributed by atoms with Gasteiger partial charge in [-0.2, -0.15) is 0 Å². The fraction of sp³-hybridized carbons (Fsp3) is 0.833. The van der Waals surface area contributed by atoms with Crippen LogP contribution in [0.1, 0.15) is 13.3 Å². The predicted octanol–water partition coefficient (Wildman–Crippen LogP) is 0.584. The van der Waals surface area contributed by atoms with E-state index in [1.165, 1.54) is 14.2 Å². The molecule has 0 saturated carbocycles. The highest BCUT2D eigenvalue weighted by Crippen LogP contribution is 2.11. The van der Waals surface area contributed by atoms with Crippen LogP contribution in [0, 0.1) is 0 Å². The van der Waals surface area contributed by atoms with Gasteiger partial charge in [0.1, 0.15) is 0 Å². The molecule has 0 rings (SSSR count). The Bertz CT molecular complexity index is 78.0. The van der Waals surface area contributed by atoms with Crippen molar-refractivity contribution in [1.82, 2.24) is 0 Å². The Labute approximate surface area is 55.0 Å². The molecule has 3 nitrogen and oxygen atoms in total. The topological polar surface area (TPSA) is 35.5 Å². The summed E-state index contributed by atoms with van der Waals surface area (Å²) in [5.41, 5.74) is 0. The summed E-state index contributed by atoms with van der Waals surface area (Å²) in [5, 5.41) is 0. The highest BCUT2D eigenvalue weighted by molar-refractivity contribution is 5.59. The predicted molar refractivity (Wildman–Crippen MR) is 33.1 cm³/mol. The van der Waals surface area contributed by atoms with E-state index in [4.69, 9.17) is 9.47 Å². The van der Waals surface area contributed by atoms with Crippen molar-refractivity contribution < 1.29 is 14.3 Å². The maximum atomic E-state index is 10.3. The molecule has 0 bridgehead atoms. The van der Waals surface area contributed by atoms with Crippen LogP contribution in [0.4, 0.5) is 0 Å². The summed E-state index contributed by atoms with van der Waals surface area (Å²) in [5.74, 6) is -1.01. The van der Waals surface area contributed by atoms with Crippen LogP contribution in [-0.4, -0.2) is 26.3 Å². The van der Waals surface area contributed by atoms with Crippen molar-refractivity contribution in [3.05, 3.63) is 0 Å². The van der Waals surface area contributed by atoms with E-state index in [1.807, 2.05) is 6.92 Å². The van der Waals surface area contributed by atoms with Gasteiger partial charge in [0.25, 0.3) is 0 Å². The van der Waals surface area contributed by atoms with Crippen LogP contribution in [0.5, 0.6) is 0 Å². The van der Waals surface area contributed by atoms with Gasteiger partial charge in [0, 0.05) is 20.6 Å². The molecule has 0 unspecified atom stereocenters. The first-order chi connectivity index (χ1) is 4.24. The van der Waals surface area contributed by atoms with E-state index in [0.717, 1.165) is 0 Å². The van der Waals surface area contributed by atoms with Crippen molar-refractivity contribution in [2.24, 2.45) is 0 Å². The molecular formula is C6H12O3. The highest BCUT2D eigenvalue weighted by Gasteiger charge is 2.25. The van der Waals surface area contributed by atoms with E-state index >= 15 is 0 Å². The molecule has 0 aromatic heterocycles. The van der Waals surface area contributed by atoms with Crippen LogP contribution < -0.4 is 0 Å². The first-order valence-corrected chi connectivity index (χ1v) is 2.81. The lowest BCUT2D eigenvalue weighted by Crippen LogP contribution is -2.34. The average molecular weight is 132 g/mol. The zero-order valence-corrected chi connectivity index (χ0v) is 6.01. The number of ether oxygens (including phenoxy) is 2. The smallest absolute Gasteiger partial charge is 0.224 e. The summed E-state index contributed by atoms with van der Waals surface area (Å²) in [4.78, 5) is 10.3. The van der Waals surface area contributed by atoms with Crippen LogP contribution in [0.2, 0.25) is 0 Å². The molecule has 0 fully saturated rings. The standard InChI is InChI=1S/C6H12O3/c1-4-6(5-7,8-2)9-3/h5H,4H2,1-3H3. The van der Waals surface area contributed by atoms with Gasteiger partial charge in [0.2, 0.25) is 5.79 Å². The van der Waals surface area contributed by atoms with Crippen molar-refractivity contribution in [1.29, 1.82) is 0 Å². The third-order valence-corrected chi connectivity index (χ3v) is 1.36. The summed E-state index contributed by atoms with van der Waals surface area (Å²) in [6, 6.07) is 0. The Kier molecular flexibility index (Phi) is 3.42. The van der Waals surface area contributed by atoms with Crippen LogP contribution in [-0.2, 0) is 14.3 Å². The molecule has 3 heteroatoms. The van der Waals surface area contributed by atoms with Crippen molar-refractivity contribution in [2.45, 2.75) is 19.1 Å². The zero-order chi connectivity index (χ0) is 7.33. The van der Waals surface area contributed by atoms with Gasteiger partial charge >= 0.3 is 0 Å². The third kappa shape index (κ3) is 1.77. The first kappa shape index (κ1) is 8.59. The van der Waals surface area contributed by atoms with Crippen molar-refractivity contribution in [3.63, 3.8) is 0 Å². The third-order valence-electron chi connectivity index (χ3n) is 1.36. The van der Waals surface area contributed by atoms with Crippen LogP contribution in [0.3, 0.4) is 0 Å². The van der Waals surface area contributed by atoms with Gasteiger partial charge in [-0.05, 0) is 0 Å². The first-order valence-electron chi connectivity index (χ1n) is 2.81. The minimum Gasteiger partial charge on any atom is -0.347 e. The number of carbonyl (C=O) groups excluding carboxylic acids is 1. The lowest BCUT2D eigenvalue weighted by molar-refractivity contribution is -0.196. The van der Waals surface area contributed by atoms with E-state index < -0.39 is 5.79 Å². The molecule has 0 heterocycles. The van der Waals surface area contributed by atoms with Gasteiger partial charge in [-0.25, -0.2) is 0 Å². The Morgan fingerprint density at radius 1 is 1.44 bits per heavy atom. The Morgan fingerprint density at radius 2 is 1.89 bits per heavy atom. The Balaban J connectivity index is 3.98. The van der Waals surface area contributed by atoms with Gasteiger partial charge < -0.3 is 9.47 Å². The number of carbonyl (C=O) groups is 1. The molecule has 0 amide bonds. The van der Waals surface area contributed by atoms with Gasteiger partial charge in [0.15, 0.2) is 6.29 Å². The maximum Gasteiger partial charge on any atom is 0.224 e. The Morgan fingerprint density at radius 3 is 1.89 bits per heavy atom. The summed E-state index contributed by atoms with van der Waals surface area (Å²) in [6.45, 7) is 1.82. The SMILES string of the molecule is CCC(C=O)(OC)OC. The van der Waals surface area contributed by atoms with Gasteiger partial charge in [0.05, 0.1) is 0 Å². The molecular weight excluding hydrogens is 120 g/mol. The van der Waals surface area contributed by atoms with Crippen molar-refractivity contribution in [3.8, 4) is 0 Å². The minimum atomic E-state index is -1.01. The molecule has 0 atom stereocenters. The van der Waals surface area contributed by atoms with Crippen LogP contribution in [0.15, 0.2) is 0 Å². The number of rotatable bonds is 4. The molecule has 0 spiro atoms. The van der Waals surface area contributed by atoms with E-state index in [0.29, 0.717) is 12.7 Å². The molecule has 0 aliphatic carbocycles. The average Bonchev–Trinajstić information content (AvgIpc) is 1.95. The largest absolute Gasteiger partial charge is 0.347 e. The van der Waals surface area contributed by atoms with Gasteiger partial charge in [-0.1, -0.05) is 6.92 Å². The number of hydrogen-bond donors (Lipinski definition) is 0. The summed E-state index contributed by atoms with van der Waals surface area (Å²) >= 11 is 0. The molecule has 0 aliphatic rings. The molecule has 0 aromatic rings. The monoisotopic (exact) mass is 132 g/mol. The highest BCUT2D eigenvalue weighted by atomic mass is 16.7. The van der Waals surface area contributed by atoms with E-state index in [2.05, 4.69) is 0 Å².